The average molecular weight is 296 g/mol. The lowest BCUT2D eigenvalue weighted by molar-refractivity contribution is 0.0526. The van der Waals surface area contributed by atoms with Crippen LogP contribution < -0.4 is 5.32 Å². The number of nitrogens with one attached hydrogen (secondary N) is 1. The van der Waals surface area contributed by atoms with Crippen LogP contribution in [0.15, 0.2) is 5.38 Å². The first-order chi connectivity index (χ1) is 9.61. The van der Waals surface area contributed by atoms with E-state index in [1.54, 1.807) is 12.3 Å². The van der Waals surface area contributed by atoms with E-state index in [0.717, 1.165) is 11.3 Å². The van der Waals surface area contributed by atoms with Gasteiger partial charge in [-0.15, -0.1) is 11.3 Å². The summed E-state index contributed by atoms with van der Waals surface area (Å²) >= 11 is 1.14. The predicted octanol–water partition coefficient (Wildman–Crippen LogP) is 2.49. The highest BCUT2D eigenvalue weighted by Gasteiger charge is 2.24. The Hall–Kier alpha value is -1.43. The number of esters is 1. The summed E-state index contributed by atoms with van der Waals surface area (Å²) in [7, 11) is 0. The summed E-state index contributed by atoms with van der Waals surface area (Å²) in [6.45, 7) is 4.96. The SMILES string of the molecule is CCOC(=O)c1nc(C(=O)NCC2CCCC2C)cs1. The van der Waals surface area contributed by atoms with Gasteiger partial charge in [-0.2, -0.15) is 0 Å². The molecule has 1 N–H and O–H groups in total. The molecule has 1 amide bonds. The fourth-order valence-corrected chi connectivity index (χ4v) is 3.19. The highest BCUT2D eigenvalue weighted by molar-refractivity contribution is 7.11. The molecule has 1 heterocycles. The van der Waals surface area contributed by atoms with Crippen molar-refractivity contribution in [1.29, 1.82) is 0 Å². The van der Waals surface area contributed by atoms with Crippen LogP contribution in [0.5, 0.6) is 0 Å². The van der Waals surface area contributed by atoms with Crippen molar-refractivity contribution >= 4 is 23.2 Å². The normalized spacial score (nSPS) is 21.7. The summed E-state index contributed by atoms with van der Waals surface area (Å²) in [6, 6.07) is 0. The number of carbonyl (C=O) groups excluding carboxylic acids is 2. The van der Waals surface area contributed by atoms with Crippen LogP contribution in [0.3, 0.4) is 0 Å². The van der Waals surface area contributed by atoms with Crippen molar-refractivity contribution in [3.05, 3.63) is 16.1 Å². The molecular weight excluding hydrogens is 276 g/mol. The maximum absolute atomic E-state index is 12.0. The summed E-state index contributed by atoms with van der Waals surface area (Å²) in [4.78, 5) is 27.5. The number of aromatic nitrogens is 1. The van der Waals surface area contributed by atoms with Crippen LogP contribution in [0.4, 0.5) is 0 Å². The Kier molecular flexibility index (Phi) is 5.11. The number of ether oxygens (including phenoxy) is 1. The molecule has 1 aliphatic rings. The molecule has 6 heteroatoms. The van der Waals surface area contributed by atoms with E-state index in [9.17, 15) is 9.59 Å². The molecule has 20 heavy (non-hydrogen) atoms. The number of hydrogen-bond donors (Lipinski definition) is 1. The van der Waals surface area contributed by atoms with E-state index in [2.05, 4.69) is 17.2 Å². The molecule has 1 aliphatic carbocycles. The zero-order valence-electron chi connectivity index (χ0n) is 11.8. The van der Waals surface area contributed by atoms with E-state index in [-0.39, 0.29) is 10.9 Å². The third-order valence-electron chi connectivity index (χ3n) is 3.75. The summed E-state index contributed by atoms with van der Waals surface area (Å²) in [6.07, 6.45) is 3.66. The number of thiazole rings is 1. The maximum Gasteiger partial charge on any atom is 0.367 e. The molecule has 0 radical (unpaired) electrons. The topological polar surface area (TPSA) is 68.3 Å². The van der Waals surface area contributed by atoms with Crippen molar-refractivity contribution in [1.82, 2.24) is 10.3 Å². The molecule has 2 unspecified atom stereocenters. The Bertz CT molecular complexity index is 487. The Morgan fingerprint density at radius 1 is 1.50 bits per heavy atom. The van der Waals surface area contributed by atoms with Gasteiger partial charge in [-0.1, -0.05) is 19.8 Å². The second kappa shape index (κ2) is 6.83. The molecule has 0 bridgehead atoms. The molecule has 1 fully saturated rings. The van der Waals surface area contributed by atoms with Gasteiger partial charge in [0.25, 0.3) is 5.91 Å². The first-order valence-electron chi connectivity index (χ1n) is 7.02. The van der Waals surface area contributed by atoms with Gasteiger partial charge in [0, 0.05) is 11.9 Å². The second-order valence-electron chi connectivity index (χ2n) is 5.14. The van der Waals surface area contributed by atoms with E-state index in [4.69, 9.17) is 4.74 Å². The highest BCUT2D eigenvalue weighted by atomic mass is 32.1. The van der Waals surface area contributed by atoms with E-state index >= 15 is 0 Å². The van der Waals surface area contributed by atoms with Gasteiger partial charge >= 0.3 is 5.97 Å². The van der Waals surface area contributed by atoms with E-state index < -0.39 is 5.97 Å². The minimum absolute atomic E-state index is 0.212. The van der Waals surface area contributed by atoms with Crippen molar-refractivity contribution < 1.29 is 14.3 Å². The maximum atomic E-state index is 12.0. The van der Waals surface area contributed by atoms with Gasteiger partial charge in [-0.05, 0) is 25.2 Å². The molecule has 1 aromatic rings. The molecule has 0 aliphatic heterocycles. The van der Waals surface area contributed by atoms with Crippen molar-refractivity contribution in [3.8, 4) is 0 Å². The Balaban J connectivity index is 1.88. The zero-order chi connectivity index (χ0) is 14.5. The van der Waals surface area contributed by atoms with Gasteiger partial charge in [0.15, 0.2) is 0 Å². The Morgan fingerprint density at radius 3 is 2.95 bits per heavy atom. The Labute approximate surface area is 122 Å². The summed E-state index contributed by atoms with van der Waals surface area (Å²) < 4.78 is 4.85. The van der Waals surface area contributed by atoms with Gasteiger partial charge < -0.3 is 10.1 Å². The first kappa shape index (κ1) is 15.0. The molecule has 2 rings (SSSR count). The Morgan fingerprint density at radius 2 is 2.30 bits per heavy atom. The molecule has 1 aromatic heterocycles. The largest absolute Gasteiger partial charge is 0.461 e. The third kappa shape index (κ3) is 3.56. The quantitative estimate of drug-likeness (QED) is 0.848. The molecule has 0 saturated heterocycles. The molecule has 2 atom stereocenters. The van der Waals surface area contributed by atoms with Crippen LogP contribution in [0, 0.1) is 11.8 Å². The van der Waals surface area contributed by atoms with Gasteiger partial charge in [-0.3, -0.25) is 4.79 Å². The van der Waals surface area contributed by atoms with Crippen LogP contribution in [-0.4, -0.2) is 30.0 Å². The zero-order valence-corrected chi connectivity index (χ0v) is 12.7. The van der Waals surface area contributed by atoms with Crippen LogP contribution >= 0.6 is 11.3 Å². The standard InChI is InChI=1S/C14H20N2O3S/c1-3-19-14(18)13-16-11(8-20-13)12(17)15-7-10-6-4-5-9(10)2/h8-10H,3-7H2,1-2H3,(H,15,17). The average Bonchev–Trinajstić information content (AvgIpc) is 3.05. The number of nitrogens with zero attached hydrogens (tertiary/aromatic N) is 1. The van der Waals surface area contributed by atoms with Gasteiger partial charge in [0.2, 0.25) is 5.01 Å². The second-order valence-corrected chi connectivity index (χ2v) is 5.99. The molecule has 110 valence electrons. The monoisotopic (exact) mass is 296 g/mol. The molecule has 5 nitrogen and oxygen atoms in total. The number of carbonyl (C=O) groups is 2. The fourth-order valence-electron chi connectivity index (χ4n) is 2.50. The fraction of sp³-hybridized carbons (Fsp3) is 0.643. The molecule has 0 aromatic carbocycles. The summed E-state index contributed by atoms with van der Waals surface area (Å²) in [5.74, 6) is 0.541. The summed E-state index contributed by atoms with van der Waals surface area (Å²) in [5, 5.41) is 4.73. The predicted molar refractivity (Wildman–Crippen MR) is 76.9 cm³/mol. The van der Waals surface area contributed by atoms with Crippen LogP contribution in [0.25, 0.3) is 0 Å². The van der Waals surface area contributed by atoms with Gasteiger partial charge in [0.05, 0.1) is 6.61 Å². The lowest BCUT2D eigenvalue weighted by Crippen LogP contribution is -2.30. The van der Waals surface area contributed by atoms with Gasteiger partial charge in [-0.25, -0.2) is 9.78 Å². The number of amides is 1. The van der Waals surface area contributed by atoms with Gasteiger partial charge in [0.1, 0.15) is 5.69 Å². The molecule has 0 spiro atoms. The lowest BCUT2D eigenvalue weighted by Gasteiger charge is -2.15. The van der Waals surface area contributed by atoms with E-state index in [1.807, 2.05) is 0 Å². The van der Waals surface area contributed by atoms with E-state index in [1.165, 1.54) is 19.3 Å². The van der Waals surface area contributed by atoms with Crippen molar-refractivity contribution in [2.75, 3.05) is 13.2 Å². The van der Waals surface area contributed by atoms with E-state index in [0.29, 0.717) is 30.7 Å². The van der Waals surface area contributed by atoms with Crippen molar-refractivity contribution in [3.63, 3.8) is 0 Å². The summed E-state index contributed by atoms with van der Waals surface area (Å²) in [5.41, 5.74) is 0.295. The third-order valence-corrected chi connectivity index (χ3v) is 4.57. The lowest BCUT2D eigenvalue weighted by atomic mass is 9.98. The number of hydrogen-bond acceptors (Lipinski definition) is 5. The minimum Gasteiger partial charge on any atom is -0.461 e. The molecule has 1 saturated carbocycles. The smallest absolute Gasteiger partial charge is 0.367 e. The minimum atomic E-state index is -0.471. The van der Waals surface area contributed by atoms with Crippen LogP contribution in [0.1, 0.15) is 53.4 Å². The van der Waals surface area contributed by atoms with Crippen molar-refractivity contribution in [2.45, 2.75) is 33.1 Å². The first-order valence-corrected chi connectivity index (χ1v) is 7.90. The molecular formula is C14H20N2O3S. The van der Waals surface area contributed by atoms with Crippen molar-refractivity contribution in [2.24, 2.45) is 11.8 Å². The van der Waals surface area contributed by atoms with Crippen LogP contribution in [-0.2, 0) is 4.74 Å². The number of rotatable bonds is 5. The van der Waals surface area contributed by atoms with Crippen LogP contribution in [0.2, 0.25) is 0 Å². The highest BCUT2D eigenvalue weighted by Crippen LogP contribution is 2.30.